The maximum Gasteiger partial charge on any atom is 0.182 e. The molecule has 2 nitrogen and oxygen atoms in total. The average Bonchev–Trinajstić information content (AvgIpc) is 2.35. The van der Waals surface area contributed by atoms with Crippen molar-refractivity contribution in [2.45, 2.75) is 33.1 Å². The largest absolute Gasteiger partial charge is 0.362 e. The fourth-order valence-electron chi connectivity index (χ4n) is 0.851. The molecular formula is C9H16N2S. The third kappa shape index (κ3) is 2.21. The fraction of sp³-hybridized carbons (Fsp3) is 0.667. The molecule has 1 aromatic heterocycles. The summed E-state index contributed by atoms with van der Waals surface area (Å²) < 4.78 is 0. The van der Waals surface area contributed by atoms with E-state index in [1.165, 1.54) is 5.69 Å². The number of thiazole rings is 1. The first kappa shape index (κ1) is 9.52. The summed E-state index contributed by atoms with van der Waals surface area (Å²) in [6, 6.07) is 0. The van der Waals surface area contributed by atoms with E-state index in [-0.39, 0.29) is 5.41 Å². The molecule has 3 heteroatoms. The lowest BCUT2D eigenvalue weighted by atomic mass is 9.93. The zero-order valence-electron chi connectivity index (χ0n) is 8.14. The number of aromatic nitrogens is 1. The summed E-state index contributed by atoms with van der Waals surface area (Å²) in [6.45, 7) is 9.56. The van der Waals surface area contributed by atoms with Crippen molar-refractivity contribution in [1.82, 2.24) is 4.98 Å². The summed E-state index contributed by atoms with van der Waals surface area (Å²) in [5, 5.41) is 6.36. The molecule has 1 N–H and O–H groups in total. The van der Waals surface area contributed by atoms with Crippen molar-refractivity contribution in [3.8, 4) is 0 Å². The van der Waals surface area contributed by atoms with E-state index in [0.29, 0.717) is 0 Å². The van der Waals surface area contributed by atoms with Gasteiger partial charge in [0.2, 0.25) is 0 Å². The topological polar surface area (TPSA) is 24.9 Å². The summed E-state index contributed by atoms with van der Waals surface area (Å²) in [6.07, 6.45) is 0. The van der Waals surface area contributed by atoms with Crippen LogP contribution in [0, 0.1) is 0 Å². The molecule has 0 aliphatic rings. The van der Waals surface area contributed by atoms with Gasteiger partial charge in [-0.15, -0.1) is 11.3 Å². The van der Waals surface area contributed by atoms with Crippen molar-refractivity contribution in [1.29, 1.82) is 0 Å². The monoisotopic (exact) mass is 184 g/mol. The van der Waals surface area contributed by atoms with Gasteiger partial charge < -0.3 is 5.32 Å². The highest BCUT2D eigenvalue weighted by Crippen LogP contribution is 2.25. The lowest BCUT2D eigenvalue weighted by Crippen LogP contribution is -2.11. The highest BCUT2D eigenvalue weighted by Gasteiger charge is 2.16. The number of rotatable bonds is 2. The first-order chi connectivity index (χ1) is 5.54. The van der Waals surface area contributed by atoms with Crippen LogP contribution in [0.25, 0.3) is 0 Å². The molecule has 68 valence electrons. The minimum atomic E-state index is 0.171. The predicted molar refractivity (Wildman–Crippen MR) is 55.0 cm³/mol. The molecule has 0 bridgehead atoms. The second kappa shape index (κ2) is 3.44. The minimum Gasteiger partial charge on any atom is -0.362 e. The molecule has 1 rings (SSSR count). The minimum absolute atomic E-state index is 0.171. The molecule has 0 saturated carbocycles. The third-order valence-electron chi connectivity index (χ3n) is 1.60. The number of nitrogens with zero attached hydrogens (tertiary/aromatic N) is 1. The maximum atomic E-state index is 4.48. The summed E-state index contributed by atoms with van der Waals surface area (Å²) in [7, 11) is 0. The second-order valence-electron chi connectivity index (χ2n) is 3.82. The molecule has 1 heterocycles. The molecule has 0 unspecified atom stereocenters. The van der Waals surface area contributed by atoms with Crippen LogP contribution in [0.1, 0.15) is 33.4 Å². The van der Waals surface area contributed by atoms with Crippen LogP contribution in [0.3, 0.4) is 0 Å². The molecule has 0 amide bonds. The van der Waals surface area contributed by atoms with Gasteiger partial charge in [-0.3, -0.25) is 0 Å². The Bertz CT molecular complexity index is 247. The highest BCUT2D eigenvalue weighted by atomic mass is 32.1. The lowest BCUT2D eigenvalue weighted by molar-refractivity contribution is 0.573. The van der Waals surface area contributed by atoms with E-state index in [4.69, 9.17) is 0 Å². The van der Waals surface area contributed by atoms with Crippen molar-refractivity contribution in [2.75, 3.05) is 11.9 Å². The van der Waals surface area contributed by atoms with Gasteiger partial charge in [0.05, 0.1) is 5.69 Å². The zero-order valence-corrected chi connectivity index (χ0v) is 8.96. The summed E-state index contributed by atoms with van der Waals surface area (Å²) in [5.74, 6) is 0. The van der Waals surface area contributed by atoms with Gasteiger partial charge in [-0.2, -0.15) is 0 Å². The number of hydrogen-bond acceptors (Lipinski definition) is 3. The van der Waals surface area contributed by atoms with Gasteiger partial charge in [-0.05, 0) is 6.92 Å². The Morgan fingerprint density at radius 2 is 2.17 bits per heavy atom. The quantitative estimate of drug-likeness (QED) is 0.764. The van der Waals surface area contributed by atoms with E-state index in [1.807, 2.05) is 0 Å². The van der Waals surface area contributed by atoms with Crippen LogP contribution in [-0.2, 0) is 5.41 Å². The van der Waals surface area contributed by atoms with E-state index in [0.717, 1.165) is 11.7 Å². The highest BCUT2D eigenvalue weighted by molar-refractivity contribution is 7.13. The SMILES string of the molecule is CCNc1nc(C(C)(C)C)cs1. The Hall–Kier alpha value is -0.570. The van der Waals surface area contributed by atoms with Crippen molar-refractivity contribution in [3.63, 3.8) is 0 Å². The van der Waals surface area contributed by atoms with Crippen molar-refractivity contribution in [3.05, 3.63) is 11.1 Å². The first-order valence-corrected chi connectivity index (χ1v) is 5.12. The van der Waals surface area contributed by atoms with Gasteiger partial charge in [0.25, 0.3) is 0 Å². The normalized spacial score (nSPS) is 11.7. The Kier molecular flexibility index (Phi) is 2.73. The van der Waals surface area contributed by atoms with Gasteiger partial charge in [0, 0.05) is 17.3 Å². The molecule has 0 radical (unpaired) electrons. The zero-order chi connectivity index (χ0) is 9.19. The molecule has 0 atom stereocenters. The first-order valence-electron chi connectivity index (χ1n) is 4.24. The smallest absolute Gasteiger partial charge is 0.182 e. The van der Waals surface area contributed by atoms with Gasteiger partial charge in [0.15, 0.2) is 5.13 Å². The molecular weight excluding hydrogens is 168 g/mol. The lowest BCUT2D eigenvalue weighted by Gasteiger charge is -2.14. The molecule has 0 spiro atoms. The Labute approximate surface area is 78.0 Å². The second-order valence-corrected chi connectivity index (χ2v) is 4.68. The van der Waals surface area contributed by atoms with Crippen molar-refractivity contribution >= 4 is 16.5 Å². The van der Waals surface area contributed by atoms with Crippen LogP contribution in [0.15, 0.2) is 5.38 Å². The third-order valence-corrected chi connectivity index (χ3v) is 2.40. The van der Waals surface area contributed by atoms with Crippen molar-refractivity contribution in [2.24, 2.45) is 0 Å². The Morgan fingerprint density at radius 3 is 2.58 bits per heavy atom. The van der Waals surface area contributed by atoms with Gasteiger partial charge >= 0.3 is 0 Å². The molecule has 12 heavy (non-hydrogen) atoms. The van der Waals surface area contributed by atoms with Crippen molar-refractivity contribution < 1.29 is 0 Å². The van der Waals surface area contributed by atoms with Gasteiger partial charge in [-0.1, -0.05) is 20.8 Å². The Balaban J connectivity index is 2.77. The molecule has 0 aliphatic heterocycles. The van der Waals surface area contributed by atoms with Crippen LogP contribution in [0.4, 0.5) is 5.13 Å². The van der Waals surface area contributed by atoms with E-state index in [1.54, 1.807) is 11.3 Å². The van der Waals surface area contributed by atoms with E-state index < -0.39 is 0 Å². The predicted octanol–water partition coefficient (Wildman–Crippen LogP) is 2.87. The van der Waals surface area contributed by atoms with E-state index in [2.05, 4.69) is 43.4 Å². The molecule has 0 aliphatic carbocycles. The van der Waals surface area contributed by atoms with E-state index in [9.17, 15) is 0 Å². The van der Waals surface area contributed by atoms with Crippen LogP contribution < -0.4 is 5.32 Å². The molecule has 0 aromatic carbocycles. The van der Waals surface area contributed by atoms with Crippen LogP contribution in [0.2, 0.25) is 0 Å². The fourth-order valence-corrected chi connectivity index (χ4v) is 1.86. The van der Waals surface area contributed by atoms with Crippen LogP contribution in [-0.4, -0.2) is 11.5 Å². The van der Waals surface area contributed by atoms with E-state index >= 15 is 0 Å². The number of nitrogens with one attached hydrogen (secondary N) is 1. The summed E-state index contributed by atoms with van der Waals surface area (Å²) in [4.78, 5) is 4.48. The van der Waals surface area contributed by atoms with Crippen LogP contribution in [0.5, 0.6) is 0 Å². The summed E-state index contributed by atoms with van der Waals surface area (Å²) in [5.41, 5.74) is 1.34. The average molecular weight is 184 g/mol. The van der Waals surface area contributed by atoms with Gasteiger partial charge in [-0.25, -0.2) is 4.98 Å². The van der Waals surface area contributed by atoms with Crippen LogP contribution >= 0.6 is 11.3 Å². The Morgan fingerprint density at radius 1 is 1.50 bits per heavy atom. The number of anilines is 1. The summed E-state index contributed by atoms with van der Waals surface area (Å²) >= 11 is 1.68. The standard InChI is InChI=1S/C9H16N2S/c1-5-10-8-11-7(6-12-8)9(2,3)4/h6H,5H2,1-4H3,(H,10,11). The van der Waals surface area contributed by atoms with Gasteiger partial charge in [0.1, 0.15) is 0 Å². The molecule has 1 aromatic rings. The maximum absolute atomic E-state index is 4.48. The molecule has 0 fully saturated rings. The number of hydrogen-bond donors (Lipinski definition) is 1. The molecule has 0 saturated heterocycles.